The summed E-state index contributed by atoms with van der Waals surface area (Å²) < 4.78 is 23.5. The SMILES string of the molecule is CCCCC[Si](CCCCCCCC[Si](CCCCC)(OC)OC)(OC)OC. The molecule has 0 radical (unpaired) electrons. The Kier molecular flexibility index (Phi) is 18.3. The highest BCUT2D eigenvalue weighted by Gasteiger charge is 2.34. The van der Waals surface area contributed by atoms with Gasteiger partial charge in [-0.05, 0) is 24.2 Å². The van der Waals surface area contributed by atoms with Gasteiger partial charge in [-0.1, -0.05) is 90.9 Å². The van der Waals surface area contributed by atoms with Crippen molar-refractivity contribution in [3.63, 3.8) is 0 Å². The minimum atomic E-state index is -1.93. The van der Waals surface area contributed by atoms with Crippen molar-refractivity contribution in [2.75, 3.05) is 28.4 Å². The molecular weight excluding hydrogens is 384 g/mol. The highest BCUT2D eigenvalue weighted by atomic mass is 28.4. The molecule has 0 rings (SSSR count). The molecule has 0 spiro atoms. The number of unbranched alkanes of at least 4 members (excludes halogenated alkanes) is 9. The maximum absolute atomic E-state index is 5.87. The largest absolute Gasteiger partial charge is 0.398 e. The van der Waals surface area contributed by atoms with Crippen molar-refractivity contribution in [1.29, 1.82) is 0 Å². The van der Waals surface area contributed by atoms with Crippen LogP contribution in [0.1, 0.15) is 90.9 Å². The van der Waals surface area contributed by atoms with Crippen LogP contribution < -0.4 is 0 Å². The van der Waals surface area contributed by atoms with Crippen LogP contribution in [-0.2, 0) is 17.7 Å². The van der Waals surface area contributed by atoms with Gasteiger partial charge in [0.05, 0.1) is 0 Å². The zero-order valence-corrected chi connectivity index (χ0v) is 21.9. The lowest BCUT2D eigenvalue weighted by atomic mass is 10.1. The summed E-state index contributed by atoms with van der Waals surface area (Å²) in [4.78, 5) is 0. The van der Waals surface area contributed by atoms with E-state index in [1.165, 1.54) is 77.0 Å². The van der Waals surface area contributed by atoms with E-state index in [2.05, 4.69) is 13.8 Å². The minimum Gasteiger partial charge on any atom is -0.398 e. The molecule has 0 saturated heterocycles. The van der Waals surface area contributed by atoms with Crippen molar-refractivity contribution in [2.24, 2.45) is 0 Å². The standard InChI is InChI=1S/C22H50O4Si2/c1-7-9-15-19-27(23-3,24-4)21-17-13-11-12-14-18-22-28(25-5,26-6)20-16-10-8-2/h7-22H2,1-6H3. The Labute approximate surface area is 178 Å². The smallest absolute Gasteiger partial charge is 0.337 e. The lowest BCUT2D eigenvalue weighted by Gasteiger charge is -2.27. The zero-order chi connectivity index (χ0) is 21.1. The van der Waals surface area contributed by atoms with Gasteiger partial charge in [-0.2, -0.15) is 0 Å². The number of hydrogen-bond donors (Lipinski definition) is 0. The molecule has 6 heteroatoms. The van der Waals surface area contributed by atoms with E-state index in [9.17, 15) is 0 Å². The monoisotopic (exact) mass is 434 g/mol. The summed E-state index contributed by atoms with van der Waals surface area (Å²) in [6.45, 7) is 4.50. The van der Waals surface area contributed by atoms with E-state index >= 15 is 0 Å². The fraction of sp³-hybridized carbons (Fsp3) is 1.00. The second kappa shape index (κ2) is 18.1. The van der Waals surface area contributed by atoms with Crippen LogP contribution in [-0.4, -0.2) is 45.6 Å². The van der Waals surface area contributed by atoms with Gasteiger partial charge >= 0.3 is 17.1 Å². The van der Waals surface area contributed by atoms with Crippen molar-refractivity contribution >= 4 is 17.1 Å². The van der Waals surface area contributed by atoms with Gasteiger partial charge in [0.1, 0.15) is 0 Å². The summed E-state index contributed by atoms with van der Waals surface area (Å²) in [7, 11) is 3.54. The van der Waals surface area contributed by atoms with E-state index in [1.807, 2.05) is 28.4 Å². The molecule has 0 unspecified atom stereocenters. The molecule has 0 aromatic heterocycles. The second-order valence-electron chi connectivity index (χ2n) is 8.17. The van der Waals surface area contributed by atoms with Crippen LogP contribution in [0, 0.1) is 0 Å². The molecule has 0 aliphatic carbocycles. The van der Waals surface area contributed by atoms with Gasteiger partial charge in [0.15, 0.2) is 0 Å². The van der Waals surface area contributed by atoms with Gasteiger partial charge in [-0.15, -0.1) is 0 Å². The summed E-state index contributed by atoms with van der Waals surface area (Å²) in [6.07, 6.45) is 15.3. The molecule has 0 aromatic carbocycles. The fourth-order valence-corrected chi connectivity index (χ4v) is 9.64. The minimum absolute atomic E-state index is 1.14. The van der Waals surface area contributed by atoms with Crippen LogP contribution in [0.2, 0.25) is 24.2 Å². The number of rotatable bonds is 21. The molecule has 0 atom stereocenters. The average molecular weight is 435 g/mol. The van der Waals surface area contributed by atoms with E-state index in [-0.39, 0.29) is 0 Å². The predicted octanol–water partition coefficient (Wildman–Crippen LogP) is 7.18. The summed E-state index contributed by atoms with van der Waals surface area (Å²) in [6, 6.07) is 4.58. The lowest BCUT2D eigenvalue weighted by Crippen LogP contribution is -2.39. The van der Waals surface area contributed by atoms with Gasteiger partial charge in [0.2, 0.25) is 0 Å². The summed E-state index contributed by atoms with van der Waals surface area (Å²) >= 11 is 0. The van der Waals surface area contributed by atoms with E-state index < -0.39 is 17.1 Å². The zero-order valence-electron chi connectivity index (χ0n) is 19.9. The highest BCUT2D eigenvalue weighted by Crippen LogP contribution is 2.26. The summed E-state index contributed by atoms with van der Waals surface area (Å²) in [5, 5.41) is 0. The third kappa shape index (κ3) is 12.1. The maximum atomic E-state index is 5.87. The average Bonchev–Trinajstić information content (AvgIpc) is 2.73. The van der Waals surface area contributed by atoms with Crippen LogP contribution in [0.3, 0.4) is 0 Å². The van der Waals surface area contributed by atoms with Gasteiger partial charge in [-0.25, -0.2) is 0 Å². The van der Waals surface area contributed by atoms with Gasteiger partial charge in [0, 0.05) is 28.4 Å². The summed E-state index contributed by atoms with van der Waals surface area (Å²) in [5.74, 6) is 0. The Balaban J connectivity index is 3.96. The Hall–Kier alpha value is 0.274. The Bertz CT molecular complexity index is 302. The molecule has 0 aliphatic rings. The Morgan fingerprint density at radius 2 is 0.643 bits per heavy atom. The molecule has 28 heavy (non-hydrogen) atoms. The first-order valence-electron chi connectivity index (χ1n) is 11.8. The Morgan fingerprint density at radius 1 is 0.393 bits per heavy atom. The van der Waals surface area contributed by atoms with Crippen molar-refractivity contribution in [3.8, 4) is 0 Å². The molecule has 0 saturated carbocycles. The van der Waals surface area contributed by atoms with Crippen molar-refractivity contribution < 1.29 is 17.7 Å². The van der Waals surface area contributed by atoms with Gasteiger partial charge in [0.25, 0.3) is 0 Å². The maximum Gasteiger partial charge on any atom is 0.337 e. The molecule has 0 bridgehead atoms. The van der Waals surface area contributed by atoms with E-state index in [4.69, 9.17) is 17.7 Å². The van der Waals surface area contributed by atoms with Crippen LogP contribution in [0.25, 0.3) is 0 Å². The fourth-order valence-electron chi connectivity index (χ4n) is 4.02. The first-order valence-corrected chi connectivity index (χ1v) is 16.2. The van der Waals surface area contributed by atoms with Crippen LogP contribution in [0.15, 0.2) is 0 Å². The molecule has 170 valence electrons. The first kappa shape index (κ1) is 28.3. The molecule has 0 heterocycles. The van der Waals surface area contributed by atoms with Gasteiger partial charge in [-0.3, -0.25) is 0 Å². The van der Waals surface area contributed by atoms with Gasteiger partial charge < -0.3 is 17.7 Å². The summed E-state index contributed by atoms with van der Waals surface area (Å²) in [5.41, 5.74) is 0. The third-order valence-electron chi connectivity index (χ3n) is 6.18. The first-order chi connectivity index (χ1) is 13.6. The van der Waals surface area contributed by atoms with Crippen molar-refractivity contribution in [2.45, 2.75) is 115 Å². The second-order valence-corrected chi connectivity index (χ2v) is 15.4. The normalized spacial score (nSPS) is 12.6. The quantitative estimate of drug-likeness (QED) is 0.142. The molecule has 0 aromatic rings. The van der Waals surface area contributed by atoms with Crippen LogP contribution in [0.5, 0.6) is 0 Å². The highest BCUT2D eigenvalue weighted by molar-refractivity contribution is 6.67. The molecule has 0 N–H and O–H groups in total. The topological polar surface area (TPSA) is 36.9 Å². The third-order valence-corrected chi connectivity index (χ3v) is 13.6. The molecule has 0 fully saturated rings. The molecule has 0 amide bonds. The number of hydrogen-bond acceptors (Lipinski definition) is 4. The van der Waals surface area contributed by atoms with Crippen LogP contribution >= 0.6 is 0 Å². The molecular formula is C22H50O4Si2. The van der Waals surface area contributed by atoms with E-state index in [0.717, 1.165) is 24.2 Å². The van der Waals surface area contributed by atoms with Crippen LogP contribution in [0.4, 0.5) is 0 Å². The Morgan fingerprint density at radius 3 is 0.893 bits per heavy atom. The van der Waals surface area contributed by atoms with E-state index in [0.29, 0.717) is 0 Å². The van der Waals surface area contributed by atoms with E-state index in [1.54, 1.807) is 0 Å². The predicted molar refractivity (Wildman–Crippen MR) is 126 cm³/mol. The van der Waals surface area contributed by atoms with Crippen molar-refractivity contribution in [1.82, 2.24) is 0 Å². The molecule has 0 aliphatic heterocycles. The molecule has 4 nitrogen and oxygen atoms in total. The lowest BCUT2D eigenvalue weighted by molar-refractivity contribution is 0.237. The van der Waals surface area contributed by atoms with Crippen molar-refractivity contribution in [3.05, 3.63) is 0 Å².